The molecule has 2 aliphatic heterocycles. The first-order valence-electron chi connectivity index (χ1n) is 10.5. The Bertz CT molecular complexity index is 683. The molecule has 27 heavy (non-hydrogen) atoms. The lowest BCUT2D eigenvalue weighted by Crippen LogP contribution is -2.52. The highest BCUT2D eigenvalue weighted by Gasteiger charge is 2.47. The van der Waals surface area contributed by atoms with Crippen LogP contribution in [0.2, 0.25) is 0 Å². The lowest BCUT2D eigenvalue weighted by molar-refractivity contribution is -0.153. The van der Waals surface area contributed by atoms with Crippen molar-refractivity contribution < 1.29 is 9.53 Å². The molecule has 4 rings (SSSR count). The van der Waals surface area contributed by atoms with Crippen molar-refractivity contribution in [2.75, 3.05) is 44.8 Å². The number of nitrogens with zero attached hydrogens (tertiary/aromatic N) is 4. The molecule has 1 amide bonds. The van der Waals surface area contributed by atoms with Crippen LogP contribution in [0.15, 0.2) is 6.07 Å². The van der Waals surface area contributed by atoms with Crippen LogP contribution < -0.4 is 4.90 Å². The maximum absolute atomic E-state index is 13.2. The fraction of sp³-hybridized carbons (Fsp3) is 0.762. The summed E-state index contributed by atoms with van der Waals surface area (Å²) in [5.74, 6) is 2.51. The minimum absolute atomic E-state index is 0.265. The van der Waals surface area contributed by atoms with Crippen LogP contribution >= 0.6 is 0 Å². The number of amides is 1. The number of hydrogen-bond donors (Lipinski definition) is 0. The third-order valence-corrected chi connectivity index (χ3v) is 6.59. The Morgan fingerprint density at radius 1 is 1.19 bits per heavy atom. The van der Waals surface area contributed by atoms with E-state index in [-0.39, 0.29) is 5.41 Å². The van der Waals surface area contributed by atoms with E-state index in [1.165, 1.54) is 12.8 Å². The van der Waals surface area contributed by atoms with Gasteiger partial charge in [0.25, 0.3) is 0 Å². The molecule has 1 aromatic heterocycles. The van der Waals surface area contributed by atoms with Crippen molar-refractivity contribution in [3.63, 3.8) is 0 Å². The quantitative estimate of drug-likeness (QED) is 0.795. The van der Waals surface area contributed by atoms with Crippen molar-refractivity contribution in [1.82, 2.24) is 14.9 Å². The monoisotopic (exact) mass is 372 g/mol. The van der Waals surface area contributed by atoms with Gasteiger partial charge in [-0.1, -0.05) is 6.42 Å². The highest BCUT2D eigenvalue weighted by atomic mass is 16.5. The number of aryl methyl sites for hydroxylation is 1. The molecule has 1 aliphatic carbocycles. The lowest BCUT2D eigenvalue weighted by Gasteiger charge is -2.45. The van der Waals surface area contributed by atoms with Crippen LogP contribution in [-0.4, -0.2) is 60.7 Å². The van der Waals surface area contributed by atoms with Crippen molar-refractivity contribution in [2.24, 2.45) is 5.41 Å². The van der Waals surface area contributed by atoms with Crippen molar-refractivity contribution in [1.29, 1.82) is 0 Å². The number of methoxy groups -OCH3 is 1. The predicted molar refractivity (Wildman–Crippen MR) is 105 cm³/mol. The predicted octanol–water partition coefficient (Wildman–Crippen LogP) is 2.91. The number of hydrogen-bond acceptors (Lipinski definition) is 5. The maximum Gasteiger partial charge on any atom is 0.231 e. The highest BCUT2D eigenvalue weighted by molar-refractivity contribution is 5.84. The number of carbonyl (C=O) groups excluding carboxylic acids is 1. The normalized spacial score (nSPS) is 24.7. The van der Waals surface area contributed by atoms with E-state index in [0.717, 1.165) is 75.6 Å². The van der Waals surface area contributed by atoms with Crippen LogP contribution in [0.4, 0.5) is 5.82 Å². The number of piperidine rings is 1. The second-order valence-corrected chi connectivity index (χ2v) is 8.55. The summed E-state index contributed by atoms with van der Waals surface area (Å²) in [6, 6.07) is 2.17. The summed E-state index contributed by atoms with van der Waals surface area (Å²) in [4.78, 5) is 27.1. The molecule has 6 heteroatoms. The topological polar surface area (TPSA) is 58.6 Å². The summed E-state index contributed by atoms with van der Waals surface area (Å²) in [5, 5.41) is 0. The Morgan fingerprint density at radius 2 is 1.96 bits per heavy atom. The molecular weight excluding hydrogens is 340 g/mol. The maximum atomic E-state index is 13.2. The van der Waals surface area contributed by atoms with E-state index in [4.69, 9.17) is 9.72 Å². The van der Waals surface area contributed by atoms with Crippen molar-refractivity contribution in [3.8, 4) is 0 Å². The van der Waals surface area contributed by atoms with Crippen LogP contribution in [0, 0.1) is 12.3 Å². The Kier molecular flexibility index (Phi) is 5.35. The average Bonchev–Trinajstić information content (AvgIpc) is 3.18. The molecule has 2 saturated heterocycles. The Balaban J connectivity index is 1.50. The number of anilines is 1. The molecule has 0 aromatic carbocycles. The fourth-order valence-corrected chi connectivity index (χ4v) is 4.93. The first-order valence-corrected chi connectivity index (χ1v) is 10.5. The summed E-state index contributed by atoms with van der Waals surface area (Å²) in [6.45, 7) is 6.36. The zero-order chi connectivity index (χ0) is 18.9. The van der Waals surface area contributed by atoms with E-state index in [1.807, 2.05) is 6.92 Å². The van der Waals surface area contributed by atoms with Crippen LogP contribution in [0.3, 0.4) is 0 Å². The second-order valence-electron chi connectivity index (χ2n) is 8.55. The SMILES string of the molecule is COCC1(C(=O)N2CCC[C@H](c3cc(N4CCCC4)nc(C)n3)C2)CCC1. The molecule has 0 unspecified atom stereocenters. The third kappa shape index (κ3) is 3.68. The molecule has 3 heterocycles. The number of likely N-dealkylation sites (tertiary alicyclic amines) is 1. The van der Waals surface area contributed by atoms with Gasteiger partial charge in [-0.25, -0.2) is 9.97 Å². The molecular formula is C21H32N4O2. The van der Waals surface area contributed by atoms with Crippen LogP contribution in [0.5, 0.6) is 0 Å². The van der Waals surface area contributed by atoms with Crippen molar-refractivity contribution >= 4 is 11.7 Å². The van der Waals surface area contributed by atoms with Gasteiger partial charge in [0.15, 0.2) is 0 Å². The van der Waals surface area contributed by atoms with Crippen LogP contribution in [0.1, 0.15) is 62.4 Å². The third-order valence-electron chi connectivity index (χ3n) is 6.59. The second kappa shape index (κ2) is 7.74. The number of rotatable bonds is 5. The van der Waals surface area contributed by atoms with E-state index in [9.17, 15) is 4.79 Å². The molecule has 1 atom stereocenters. The summed E-state index contributed by atoms with van der Waals surface area (Å²) >= 11 is 0. The van der Waals surface area contributed by atoms with Gasteiger partial charge in [0.05, 0.1) is 17.7 Å². The molecule has 0 N–H and O–H groups in total. The van der Waals surface area contributed by atoms with Gasteiger partial charge in [-0.15, -0.1) is 0 Å². The Morgan fingerprint density at radius 3 is 2.63 bits per heavy atom. The number of aromatic nitrogens is 2. The molecule has 0 bridgehead atoms. The van der Waals surface area contributed by atoms with Crippen LogP contribution in [-0.2, 0) is 9.53 Å². The van der Waals surface area contributed by atoms with Gasteiger partial charge >= 0.3 is 0 Å². The molecule has 3 fully saturated rings. The molecule has 0 radical (unpaired) electrons. The fourth-order valence-electron chi connectivity index (χ4n) is 4.93. The molecule has 1 aromatic rings. The molecule has 0 spiro atoms. The van der Waals surface area contributed by atoms with Crippen molar-refractivity contribution in [3.05, 3.63) is 17.6 Å². The first kappa shape index (κ1) is 18.7. The van der Waals surface area contributed by atoms with Gasteiger partial charge < -0.3 is 14.5 Å². The van der Waals surface area contributed by atoms with E-state index in [0.29, 0.717) is 18.4 Å². The molecule has 3 aliphatic rings. The van der Waals surface area contributed by atoms with E-state index >= 15 is 0 Å². The lowest BCUT2D eigenvalue weighted by atomic mass is 9.68. The van der Waals surface area contributed by atoms with Gasteiger partial charge in [-0.2, -0.15) is 0 Å². The molecule has 1 saturated carbocycles. The first-order chi connectivity index (χ1) is 13.1. The van der Waals surface area contributed by atoms with E-state index in [1.54, 1.807) is 7.11 Å². The minimum atomic E-state index is -0.265. The van der Waals surface area contributed by atoms with Gasteiger partial charge in [0.2, 0.25) is 5.91 Å². The molecule has 6 nitrogen and oxygen atoms in total. The Hall–Kier alpha value is -1.69. The van der Waals surface area contributed by atoms with Gasteiger partial charge in [0, 0.05) is 45.3 Å². The average molecular weight is 373 g/mol. The summed E-state index contributed by atoms with van der Waals surface area (Å²) < 4.78 is 5.39. The van der Waals surface area contributed by atoms with Crippen molar-refractivity contribution in [2.45, 2.75) is 57.8 Å². The van der Waals surface area contributed by atoms with Gasteiger partial charge in [-0.05, 0) is 45.4 Å². The zero-order valence-electron chi connectivity index (χ0n) is 16.7. The summed E-state index contributed by atoms with van der Waals surface area (Å²) in [5.41, 5.74) is 0.843. The Labute approximate surface area is 162 Å². The minimum Gasteiger partial charge on any atom is -0.384 e. The standard InChI is InChI=1S/C21H32N4O2/c1-16-22-18(13-19(23-16)24-10-3-4-11-24)17-7-5-12-25(14-17)20(26)21(15-27-2)8-6-9-21/h13,17H,3-12,14-15H2,1-2H3/t17-/m0/s1. The van der Waals surface area contributed by atoms with E-state index < -0.39 is 0 Å². The number of carbonyl (C=O) groups is 1. The van der Waals surface area contributed by atoms with Gasteiger partial charge in [0.1, 0.15) is 11.6 Å². The zero-order valence-corrected chi connectivity index (χ0v) is 16.7. The summed E-state index contributed by atoms with van der Waals surface area (Å²) in [7, 11) is 1.70. The number of ether oxygens (including phenoxy) is 1. The highest BCUT2D eigenvalue weighted by Crippen LogP contribution is 2.43. The summed E-state index contributed by atoms with van der Waals surface area (Å²) in [6.07, 6.45) is 7.69. The smallest absolute Gasteiger partial charge is 0.231 e. The van der Waals surface area contributed by atoms with Crippen LogP contribution in [0.25, 0.3) is 0 Å². The van der Waals surface area contributed by atoms with E-state index in [2.05, 4.69) is 20.9 Å². The van der Waals surface area contributed by atoms with Gasteiger partial charge in [-0.3, -0.25) is 4.79 Å². The largest absolute Gasteiger partial charge is 0.384 e. The molecule has 148 valence electrons.